The summed E-state index contributed by atoms with van der Waals surface area (Å²) in [6.07, 6.45) is 2.76. The molecule has 0 radical (unpaired) electrons. The molecule has 0 aliphatic heterocycles. The molecule has 3 rings (SSSR count). The number of thiazole rings is 1. The van der Waals surface area contributed by atoms with E-state index in [-0.39, 0.29) is 6.10 Å². The van der Waals surface area contributed by atoms with Gasteiger partial charge in [0.05, 0.1) is 11.3 Å². The van der Waals surface area contributed by atoms with Crippen molar-refractivity contribution in [1.29, 1.82) is 0 Å². The van der Waals surface area contributed by atoms with Gasteiger partial charge in [0.2, 0.25) is 0 Å². The summed E-state index contributed by atoms with van der Waals surface area (Å²) in [7, 11) is 0. The third-order valence-corrected chi connectivity index (χ3v) is 3.72. The van der Waals surface area contributed by atoms with Crippen molar-refractivity contribution in [1.82, 2.24) is 25.2 Å². The molecule has 0 spiro atoms. The van der Waals surface area contributed by atoms with Gasteiger partial charge in [-0.25, -0.2) is 14.5 Å². The second-order valence-electron chi connectivity index (χ2n) is 4.22. The molecular formula is C13H11N5O2S. The molecule has 1 atom stereocenters. The van der Waals surface area contributed by atoms with Crippen LogP contribution in [0.3, 0.4) is 0 Å². The Morgan fingerprint density at radius 3 is 3.05 bits per heavy atom. The van der Waals surface area contributed by atoms with Crippen LogP contribution in [-0.2, 0) is 4.74 Å². The minimum atomic E-state index is -0.410. The lowest BCUT2D eigenvalue weighted by atomic mass is 10.2. The summed E-state index contributed by atoms with van der Waals surface area (Å²) in [4.78, 5) is 16.3. The number of ether oxygens (including phenoxy) is 1. The zero-order valence-electron chi connectivity index (χ0n) is 11.1. The molecule has 2 heterocycles. The number of hydrogen-bond donors (Lipinski definition) is 0. The Labute approximate surface area is 124 Å². The van der Waals surface area contributed by atoms with E-state index in [0.717, 1.165) is 5.01 Å². The van der Waals surface area contributed by atoms with Crippen LogP contribution in [0.1, 0.15) is 28.4 Å². The second-order valence-corrected chi connectivity index (χ2v) is 5.15. The van der Waals surface area contributed by atoms with E-state index >= 15 is 0 Å². The third-order valence-electron chi connectivity index (χ3n) is 2.78. The summed E-state index contributed by atoms with van der Waals surface area (Å²) in [6, 6.07) is 6.91. The molecule has 8 heteroatoms. The van der Waals surface area contributed by atoms with Gasteiger partial charge < -0.3 is 4.74 Å². The number of tetrazole rings is 1. The molecule has 3 aromatic rings. The highest BCUT2D eigenvalue weighted by Crippen LogP contribution is 2.21. The molecule has 106 valence electrons. The first kappa shape index (κ1) is 13.4. The summed E-state index contributed by atoms with van der Waals surface area (Å²) < 4.78 is 6.87. The number of benzene rings is 1. The number of nitrogens with zero attached hydrogens (tertiary/aromatic N) is 5. The molecule has 21 heavy (non-hydrogen) atoms. The molecule has 1 aromatic carbocycles. The van der Waals surface area contributed by atoms with Crippen LogP contribution in [0.5, 0.6) is 0 Å². The van der Waals surface area contributed by atoms with Gasteiger partial charge in [0, 0.05) is 11.6 Å². The van der Waals surface area contributed by atoms with Crippen LogP contribution >= 0.6 is 11.3 Å². The highest BCUT2D eigenvalue weighted by molar-refractivity contribution is 7.09. The van der Waals surface area contributed by atoms with E-state index in [4.69, 9.17) is 4.74 Å². The van der Waals surface area contributed by atoms with Crippen molar-refractivity contribution in [3.05, 3.63) is 52.7 Å². The fourth-order valence-corrected chi connectivity index (χ4v) is 2.39. The largest absolute Gasteiger partial charge is 0.452 e. The van der Waals surface area contributed by atoms with Crippen molar-refractivity contribution in [2.75, 3.05) is 0 Å². The van der Waals surface area contributed by atoms with E-state index in [1.54, 1.807) is 37.4 Å². The molecule has 0 fully saturated rings. The van der Waals surface area contributed by atoms with Gasteiger partial charge in [0.1, 0.15) is 11.3 Å². The van der Waals surface area contributed by atoms with Gasteiger partial charge in [-0.3, -0.25) is 0 Å². The smallest absolute Gasteiger partial charge is 0.338 e. The summed E-state index contributed by atoms with van der Waals surface area (Å²) in [5.41, 5.74) is 1.13. The lowest BCUT2D eigenvalue weighted by Crippen LogP contribution is -2.09. The molecule has 0 N–H and O–H groups in total. The summed E-state index contributed by atoms with van der Waals surface area (Å²) in [6.45, 7) is 1.79. The highest BCUT2D eigenvalue weighted by Gasteiger charge is 2.16. The third kappa shape index (κ3) is 2.95. The van der Waals surface area contributed by atoms with Gasteiger partial charge in [-0.15, -0.1) is 16.4 Å². The lowest BCUT2D eigenvalue weighted by molar-refractivity contribution is 0.0337. The topological polar surface area (TPSA) is 82.8 Å². The van der Waals surface area contributed by atoms with Crippen molar-refractivity contribution in [2.24, 2.45) is 0 Å². The molecule has 0 bridgehead atoms. The number of carbonyl (C=O) groups excluding carboxylic acids is 1. The van der Waals surface area contributed by atoms with Crippen LogP contribution in [0.4, 0.5) is 0 Å². The molecule has 0 saturated heterocycles. The maximum Gasteiger partial charge on any atom is 0.338 e. The van der Waals surface area contributed by atoms with Gasteiger partial charge in [-0.2, -0.15) is 0 Å². The molecule has 2 aromatic heterocycles. The van der Waals surface area contributed by atoms with Crippen molar-refractivity contribution >= 4 is 17.3 Å². The van der Waals surface area contributed by atoms with Gasteiger partial charge in [0.25, 0.3) is 0 Å². The fraction of sp³-hybridized carbons (Fsp3) is 0.154. The summed E-state index contributed by atoms with van der Waals surface area (Å²) in [5.74, 6) is -0.410. The van der Waals surface area contributed by atoms with Crippen LogP contribution in [0.15, 0.2) is 42.2 Å². The first-order valence-corrected chi connectivity index (χ1v) is 7.06. The van der Waals surface area contributed by atoms with Crippen molar-refractivity contribution in [3.8, 4) is 5.69 Å². The van der Waals surface area contributed by atoms with Gasteiger partial charge >= 0.3 is 5.97 Å². The zero-order chi connectivity index (χ0) is 14.7. The molecule has 0 aliphatic rings. The SMILES string of the molecule is C[C@@H](OC(=O)c1cccc(-n2cnnn2)c1)c1nccs1. The molecule has 7 nitrogen and oxygen atoms in total. The number of rotatable bonds is 4. The minimum absolute atomic E-state index is 0.380. The Balaban J connectivity index is 1.77. The van der Waals surface area contributed by atoms with E-state index in [0.29, 0.717) is 11.3 Å². The van der Waals surface area contributed by atoms with Crippen LogP contribution in [0.25, 0.3) is 5.69 Å². The van der Waals surface area contributed by atoms with Gasteiger partial charge in [0.15, 0.2) is 6.10 Å². The standard InChI is InChI=1S/C13H11N5O2S/c1-9(12-14-5-6-21-12)20-13(19)10-3-2-4-11(7-10)18-8-15-16-17-18/h2-9H,1H3/t9-/m1/s1. The summed E-state index contributed by atoms with van der Waals surface area (Å²) in [5, 5.41) is 13.5. The predicted octanol–water partition coefficient (Wildman–Crippen LogP) is 2.04. The van der Waals surface area contributed by atoms with Crippen LogP contribution < -0.4 is 0 Å². The lowest BCUT2D eigenvalue weighted by Gasteiger charge is -2.11. The average Bonchev–Trinajstić information content (AvgIpc) is 3.20. The van der Waals surface area contributed by atoms with Crippen LogP contribution in [-0.4, -0.2) is 31.2 Å². The fourth-order valence-electron chi connectivity index (χ4n) is 1.77. The number of hydrogen-bond acceptors (Lipinski definition) is 7. The Kier molecular flexibility index (Phi) is 3.69. The number of aromatic nitrogens is 5. The normalized spacial score (nSPS) is 12.0. The Morgan fingerprint density at radius 1 is 1.43 bits per heavy atom. The van der Waals surface area contributed by atoms with Gasteiger partial charge in [-0.1, -0.05) is 6.07 Å². The first-order valence-electron chi connectivity index (χ1n) is 6.18. The predicted molar refractivity (Wildman–Crippen MR) is 75.1 cm³/mol. The molecule has 0 unspecified atom stereocenters. The van der Waals surface area contributed by atoms with Gasteiger partial charge in [-0.05, 0) is 35.5 Å². The Hall–Kier alpha value is -2.61. The number of esters is 1. The first-order chi connectivity index (χ1) is 10.2. The van der Waals surface area contributed by atoms with E-state index in [1.165, 1.54) is 22.3 Å². The molecule has 0 aliphatic carbocycles. The molecule has 0 saturated carbocycles. The second kappa shape index (κ2) is 5.80. The number of carbonyl (C=O) groups is 1. The molecular weight excluding hydrogens is 290 g/mol. The summed E-state index contributed by atoms with van der Waals surface area (Å²) >= 11 is 1.45. The van der Waals surface area contributed by atoms with E-state index in [1.807, 2.05) is 5.38 Å². The molecule has 0 amide bonds. The Bertz CT molecular complexity index is 727. The van der Waals surface area contributed by atoms with Crippen molar-refractivity contribution < 1.29 is 9.53 Å². The maximum atomic E-state index is 12.2. The Morgan fingerprint density at radius 2 is 2.33 bits per heavy atom. The van der Waals surface area contributed by atoms with Crippen LogP contribution in [0, 0.1) is 0 Å². The van der Waals surface area contributed by atoms with E-state index in [9.17, 15) is 4.79 Å². The monoisotopic (exact) mass is 301 g/mol. The van der Waals surface area contributed by atoms with Crippen molar-refractivity contribution in [2.45, 2.75) is 13.0 Å². The van der Waals surface area contributed by atoms with E-state index < -0.39 is 5.97 Å². The zero-order valence-corrected chi connectivity index (χ0v) is 11.9. The highest BCUT2D eigenvalue weighted by atomic mass is 32.1. The van der Waals surface area contributed by atoms with Crippen LogP contribution in [0.2, 0.25) is 0 Å². The quantitative estimate of drug-likeness (QED) is 0.686. The van der Waals surface area contributed by atoms with Crippen molar-refractivity contribution in [3.63, 3.8) is 0 Å². The average molecular weight is 301 g/mol. The van der Waals surface area contributed by atoms with E-state index in [2.05, 4.69) is 20.5 Å². The maximum absolute atomic E-state index is 12.2. The minimum Gasteiger partial charge on any atom is -0.452 e.